The predicted molar refractivity (Wildman–Crippen MR) is 77.0 cm³/mol. The Balaban J connectivity index is 1.94. The van der Waals surface area contributed by atoms with Gasteiger partial charge in [-0.25, -0.2) is 0 Å². The predicted octanol–water partition coefficient (Wildman–Crippen LogP) is 1.78. The smallest absolute Gasteiger partial charge is 0.0644 e. The van der Waals surface area contributed by atoms with Gasteiger partial charge in [0.05, 0.1) is 5.69 Å². The van der Waals surface area contributed by atoms with Crippen LogP contribution in [0.5, 0.6) is 0 Å². The van der Waals surface area contributed by atoms with Crippen molar-refractivity contribution in [3.63, 3.8) is 0 Å². The summed E-state index contributed by atoms with van der Waals surface area (Å²) in [4.78, 5) is 2.68. The Labute approximate surface area is 116 Å². The molecule has 106 valence electrons. The van der Waals surface area contributed by atoms with Gasteiger partial charge >= 0.3 is 0 Å². The third-order valence-electron chi connectivity index (χ3n) is 4.93. The highest BCUT2D eigenvalue weighted by Gasteiger charge is 2.34. The number of aryl methyl sites for hydroxylation is 2. The van der Waals surface area contributed by atoms with Crippen molar-refractivity contribution < 1.29 is 0 Å². The fourth-order valence-electron chi connectivity index (χ4n) is 3.93. The first-order valence-corrected chi connectivity index (χ1v) is 7.67. The number of likely N-dealkylation sites (tertiary alicyclic amines) is 1. The van der Waals surface area contributed by atoms with Gasteiger partial charge in [-0.05, 0) is 58.2 Å². The molecule has 19 heavy (non-hydrogen) atoms. The zero-order valence-electron chi connectivity index (χ0n) is 12.2. The van der Waals surface area contributed by atoms with Crippen LogP contribution in [0.25, 0.3) is 0 Å². The zero-order valence-corrected chi connectivity index (χ0v) is 12.2. The molecule has 0 spiro atoms. The van der Waals surface area contributed by atoms with Crippen molar-refractivity contribution in [2.75, 3.05) is 19.6 Å². The van der Waals surface area contributed by atoms with E-state index >= 15 is 0 Å². The van der Waals surface area contributed by atoms with Gasteiger partial charge in [-0.15, -0.1) is 0 Å². The number of piperidine rings is 1. The number of aromatic nitrogens is 2. The monoisotopic (exact) mass is 262 g/mol. The van der Waals surface area contributed by atoms with Gasteiger partial charge in [-0.2, -0.15) is 5.10 Å². The zero-order chi connectivity index (χ0) is 13.4. The Morgan fingerprint density at radius 2 is 2.00 bits per heavy atom. The summed E-state index contributed by atoms with van der Waals surface area (Å²) in [5.74, 6) is 0.620. The SMILES string of the molecule is Cc1nn(C)c2c1C(N1CCCCC1)CC(CN)C2. The highest BCUT2D eigenvalue weighted by Crippen LogP contribution is 2.39. The second kappa shape index (κ2) is 5.25. The van der Waals surface area contributed by atoms with Crippen molar-refractivity contribution in [2.45, 2.75) is 45.1 Å². The van der Waals surface area contributed by atoms with E-state index in [4.69, 9.17) is 5.73 Å². The van der Waals surface area contributed by atoms with Gasteiger partial charge in [0.25, 0.3) is 0 Å². The van der Waals surface area contributed by atoms with Gasteiger partial charge in [0, 0.05) is 24.3 Å². The van der Waals surface area contributed by atoms with Crippen LogP contribution in [0.2, 0.25) is 0 Å². The van der Waals surface area contributed by atoms with E-state index in [9.17, 15) is 0 Å². The molecule has 2 aliphatic rings. The van der Waals surface area contributed by atoms with Crippen LogP contribution < -0.4 is 5.73 Å². The number of nitrogens with two attached hydrogens (primary N) is 1. The molecule has 0 radical (unpaired) electrons. The molecule has 0 saturated carbocycles. The van der Waals surface area contributed by atoms with E-state index in [1.165, 1.54) is 55.7 Å². The van der Waals surface area contributed by atoms with Crippen LogP contribution in [-0.4, -0.2) is 34.3 Å². The minimum atomic E-state index is 0.561. The Morgan fingerprint density at radius 3 is 2.68 bits per heavy atom. The maximum absolute atomic E-state index is 5.96. The molecule has 1 aromatic heterocycles. The van der Waals surface area contributed by atoms with Crippen molar-refractivity contribution in [1.29, 1.82) is 0 Å². The summed E-state index contributed by atoms with van der Waals surface area (Å²) in [6, 6.07) is 0.561. The van der Waals surface area contributed by atoms with Gasteiger partial charge in [-0.3, -0.25) is 9.58 Å². The highest BCUT2D eigenvalue weighted by molar-refractivity contribution is 5.32. The molecule has 4 nitrogen and oxygen atoms in total. The topological polar surface area (TPSA) is 47.1 Å². The summed E-state index contributed by atoms with van der Waals surface area (Å²) >= 11 is 0. The molecule has 2 atom stereocenters. The van der Waals surface area contributed by atoms with E-state index in [0.717, 1.165) is 13.0 Å². The van der Waals surface area contributed by atoms with Crippen LogP contribution in [-0.2, 0) is 13.5 Å². The Bertz CT molecular complexity index is 445. The quantitative estimate of drug-likeness (QED) is 0.883. The van der Waals surface area contributed by atoms with Crippen molar-refractivity contribution >= 4 is 0 Å². The van der Waals surface area contributed by atoms with Crippen LogP contribution in [0.15, 0.2) is 0 Å². The van der Waals surface area contributed by atoms with Crippen molar-refractivity contribution in [1.82, 2.24) is 14.7 Å². The van der Waals surface area contributed by atoms with Gasteiger partial charge in [0.2, 0.25) is 0 Å². The molecule has 1 aromatic rings. The van der Waals surface area contributed by atoms with Gasteiger partial charge < -0.3 is 5.73 Å². The van der Waals surface area contributed by atoms with Crippen LogP contribution in [0, 0.1) is 12.8 Å². The average molecular weight is 262 g/mol. The second-order valence-electron chi connectivity index (χ2n) is 6.22. The lowest BCUT2D eigenvalue weighted by atomic mass is 9.82. The van der Waals surface area contributed by atoms with E-state index in [1.54, 1.807) is 0 Å². The first-order valence-electron chi connectivity index (χ1n) is 7.67. The van der Waals surface area contributed by atoms with E-state index < -0.39 is 0 Å². The molecule has 0 bridgehead atoms. The van der Waals surface area contributed by atoms with Crippen molar-refractivity contribution in [3.05, 3.63) is 17.0 Å². The van der Waals surface area contributed by atoms with Gasteiger partial charge in [0.1, 0.15) is 0 Å². The molecule has 0 amide bonds. The normalized spacial score (nSPS) is 28.4. The molecule has 2 heterocycles. The Hall–Kier alpha value is -0.870. The number of hydrogen-bond donors (Lipinski definition) is 1. The first-order chi connectivity index (χ1) is 9.20. The average Bonchev–Trinajstić information content (AvgIpc) is 2.74. The molecule has 2 N–H and O–H groups in total. The van der Waals surface area contributed by atoms with Crippen molar-refractivity contribution in [2.24, 2.45) is 18.7 Å². The Kier molecular flexibility index (Phi) is 3.63. The standard InChI is InChI=1S/C15H26N4/c1-11-15-13(18(2)17-11)8-12(10-16)9-14(15)19-6-4-3-5-7-19/h12,14H,3-10,16H2,1-2H3. The van der Waals surface area contributed by atoms with Crippen LogP contribution in [0.3, 0.4) is 0 Å². The molecule has 1 saturated heterocycles. The molecule has 3 rings (SSSR count). The third-order valence-corrected chi connectivity index (χ3v) is 4.93. The van der Waals surface area contributed by atoms with E-state index in [0.29, 0.717) is 12.0 Å². The summed E-state index contributed by atoms with van der Waals surface area (Å²) in [5, 5.41) is 4.66. The number of rotatable bonds is 2. The fourth-order valence-corrected chi connectivity index (χ4v) is 3.93. The fraction of sp³-hybridized carbons (Fsp3) is 0.800. The molecule has 0 aromatic carbocycles. The lowest BCUT2D eigenvalue weighted by Crippen LogP contribution is -2.39. The third kappa shape index (κ3) is 2.32. The summed E-state index contributed by atoms with van der Waals surface area (Å²) in [5.41, 5.74) is 10.1. The summed E-state index contributed by atoms with van der Waals surface area (Å²) in [7, 11) is 2.08. The van der Waals surface area contributed by atoms with E-state index in [-0.39, 0.29) is 0 Å². The number of fused-ring (bicyclic) bond motifs is 1. The molecule has 1 aliphatic carbocycles. The summed E-state index contributed by atoms with van der Waals surface area (Å²) < 4.78 is 2.09. The number of hydrogen-bond acceptors (Lipinski definition) is 3. The maximum atomic E-state index is 5.96. The van der Waals surface area contributed by atoms with E-state index in [2.05, 4.69) is 28.7 Å². The van der Waals surface area contributed by atoms with Crippen LogP contribution in [0.4, 0.5) is 0 Å². The lowest BCUT2D eigenvalue weighted by molar-refractivity contribution is 0.132. The molecular formula is C15H26N4. The molecule has 1 fully saturated rings. The van der Waals surface area contributed by atoms with Crippen LogP contribution >= 0.6 is 0 Å². The summed E-state index contributed by atoms with van der Waals surface area (Å²) in [6.07, 6.45) is 6.41. The van der Waals surface area contributed by atoms with Crippen molar-refractivity contribution in [3.8, 4) is 0 Å². The largest absolute Gasteiger partial charge is 0.330 e. The minimum Gasteiger partial charge on any atom is -0.330 e. The molecular weight excluding hydrogens is 236 g/mol. The molecule has 1 aliphatic heterocycles. The molecule has 2 unspecified atom stereocenters. The van der Waals surface area contributed by atoms with Crippen LogP contribution in [0.1, 0.15) is 48.7 Å². The minimum absolute atomic E-state index is 0.561. The lowest BCUT2D eigenvalue weighted by Gasteiger charge is -2.39. The molecule has 4 heteroatoms. The number of nitrogens with zero attached hydrogens (tertiary/aromatic N) is 3. The van der Waals surface area contributed by atoms with E-state index in [1.807, 2.05) is 0 Å². The Morgan fingerprint density at radius 1 is 1.26 bits per heavy atom. The summed E-state index contributed by atoms with van der Waals surface area (Å²) in [6.45, 7) is 5.46. The maximum Gasteiger partial charge on any atom is 0.0644 e. The first kappa shape index (κ1) is 13.1. The van der Waals surface area contributed by atoms with Gasteiger partial charge in [0.15, 0.2) is 0 Å². The second-order valence-corrected chi connectivity index (χ2v) is 6.22. The van der Waals surface area contributed by atoms with Gasteiger partial charge in [-0.1, -0.05) is 6.42 Å². The highest BCUT2D eigenvalue weighted by atomic mass is 15.3.